The van der Waals surface area contributed by atoms with Crippen molar-refractivity contribution in [3.8, 4) is 6.07 Å². The van der Waals surface area contributed by atoms with Crippen LogP contribution in [0.25, 0.3) is 0 Å². The molecule has 90 valence electrons. The van der Waals surface area contributed by atoms with E-state index >= 15 is 0 Å². The number of nitrogens with zero attached hydrogens (tertiary/aromatic N) is 4. The number of carbonyl (C=O) groups is 1. The molecule has 2 aromatic rings. The SMILES string of the molecule is Cc1nc(C)n(CC(=O)c2ccc(C#N)cc2)n1. The van der Waals surface area contributed by atoms with Crippen LogP contribution in [0.2, 0.25) is 0 Å². The highest BCUT2D eigenvalue weighted by Gasteiger charge is 2.10. The van der Waals surface area contributed by atoms with Gasteiger partial charge in [-0.15, -0.1) is 0 Å². The van der Waals surface area contributed by atoms with E-state index in [1.807, 2.05) is 13.0 Å². The summed E-state index contributed by atoms with van der Waals surface area (Å²) in [5, 5.41) is 12.8. The molecule has 1 heterocycles. The van der Waals surface area contributed by atoms with Crippen LogP contribution in [0.4, 0.5) is 0 Å². The number of hydrogen-bond acceptors (Lipinski definition) is 4. The predicted molar refractivity (Wildman–Crippen MR) is 65.0 cm³/mol. The van der Waals surface area contributed by atoms with Crippen molar-refractivity contribution < 1.29 is 4.79 Å². The number of ketones is 1. The van der Waals surface area contributed by atoms with Crippen LogP contribution < -0.4 is 0 Å². The van der Waals surface area contributed by atoms with Gasteiger partial charge in [0.15, 0.2) is 5.78 Å². The Kier molecular flexibility index (Phi) is 3.20. The van der Waals surface area contributed by atoms with E-state index in [4.69, 9.17) is 5.26 Å². The van der Waals surface area contributed by atoms with Gasteiger partial charge in [-0.05, 0) is 26.0 Å². The zero-order chi connectivity index (χ0) is 13.1. The molecule has 0 aliphatic carbocycles. The topological polar surface area (TPSA) is 71.6 Å². The molecule has 0 fully saturated rings. The third kappa shape index (κ3) is 2.43. The third-order valence-corrected chi connectivity index (χ3v) is 2.59. The highest BCUT2D eigenvalue weighted by Crippen LogP contribution is 2.06. The number of carbonyl (C=O) groups excluding carboxylic acids is 1. The third-order valence-electron chi connectivity index (χ3n) is 2.59. The summed E-state index contributed by atoms with van der Waals surface area (Å²) in [5.74, 6) is 1.32. The first-order chi connectivity index (χ1) is 8.60. The maximum atomic E-state index is 12.0. The molecule has 0 bridgehead atoms. The van der Waals surface area contributed by atoms with Gasteiger partial charge in [-0.1, -0.05) is 12.1 Å². The van der Waals surface area contributed by atoms with Crippen LogP contribution in [0, 0.1) is 25.2 Å². The molecule has 0 aliphatic rings. The fourth-order valence-corrected chi connectivity index (χ4v) is 1.67. The molecule has 0 N–H and O–H groups in total. The Morgan fingerprint density at radius 2 is 2.00 bits per heavy atom. The summed E-state index contributed by atoms with van der Waals surface area (Å²) in [4.78, 5) is 16.1. The first-order valence-corrected chi connectivity index (χ1v) is 5.51. The molecule has 0 saturated carbocycles. The summed E-state index contributed by atoms with van der Waals surface area (Å²) in [6.07, 6.45) is 0. The van der Waals surface area contributed by atoms with Crippen molar-refractivity contribution in [1.82, 2.24) is 14.8 Å². The Bertz CT molecular complexity index is 619. The molecule has 0 amide bonds. The monoisotopic (exact) mass is 240 g/mol. The lowest BCUT2D eigenvalue weighted by molar-refractivity contribution is 0.0966. The largest absolute Gasteiger partial charge is 0.292 e. The zero-order valence-corrected chi connectivity index (χ0v) is 10.2. The molecule has 0 saturated heterocycles. The number of aryl methyl sites for hydroxylation is 2. The van der Waals surface area contributed by atoms with Crippen LogP contribution in [0.1, 0.15) is 27.6 Å². The van der Waals surface area contributed by atoms with Gasteiger partial charge < -0.3 is 0 Å². The predicted octanol–water partition coefficient (Wildman–Crippen LogP) is 1.65. The molecule has 0 spiro atoms. The van der Waals surface area contributed by atoms with Crippen LogP contribution in [0.5, 0.6) is 0 Å². The highest BCUT2D eigenvalue weighted by molar-refractivity contribution is 5.95. The van der Waals surface area contributed by atoms with Crippen molar-refractivity contribution in [2.24, 2.45) is 0 Å². The standard InChI is InChI=1S/C13H12N4O/c1-9-15-10(2)17(16-9)8-13(18)12-5-3-11(7-14)4-6-12/h3-6H,8H2,1-2H3. The van der Waals surface area contributed by atoms with Crippen LogP contribution in [0.15, 0.2) is 24.3 Å². The molecule has 0 unspecified atom stereocenters. The van der Waals surface area contributed by atoms with Gasteiger partial charge in [0.05, 0.1) is 11.6 Å². The van der Waals surface area contributed by atoms with E-state index in [0.717, 1.165) is 5.82 Å². The van der Waals surface area contributed by atoms with E-state index in [1.54, 1.807) is 35.9 Å². The van der Waals surface area contributed by atoms with Gasteiger partial charge in [0, 0.05) is 5.56 Å². The quantitative estimate of drug-likeness (QED) is 0.765. The highest BCUT2D eigenvalue weighted by atomic mass is 16.1. The molecule has 2 rings (SSSR count). The lowest BCUT2D eigenvalue weighted by atomic mass is 10.1. The van der Waals surface area contributed by atoms with Crippen LogP contribution in [-0.4, -0.2) is 20.5 Å². The number of rotatable bonds is 3. The number of hydrogen-bond donors (Lipinski definition) is 0. The normalized spacial score (nSPS) is 10.1. The first kappa shape index (κ1) is 12.0. The van der Waals surface area contributed by atoms with E-state index in [1.165, 1.54) is 0 Å². The second-order valence-corrected chi connectivity index (χ2v) is 3.98. The van der Waals surface area contributed by atoms with E-state index < -0.39 is 0 Å². The van der Waals surface area contributed by atoms with Crippen molar-refractivity contribution >= 4 is 5.78 Å². The lowest BCUT2D eigenvalue weighted by Gasteiger charge is -2.02. The summed E-state index contributed by atoms with van der Waals surface area (Å²) in [5.41, 5.74) is 1.11. The molecule has 0 radical (unpaired) electrons. The summed E-state index contributed by atoms with van der Waals surface area (Å²) >= 11 is 0. The second-order valence-electron chi connectivity index (χ2n) is 3.98. The Morgan fingerprint density at radius 1 is 1.33 bits per heavy atom. The number of nitriles is 1. The van der Waals surface area contributed by atoms with E-state index in [-0.39, 0.29) is 12.3 Å². The van der Waals surface area contributed by atoms with Crippen molar-refractivity contribution in [2.75, 3.05) is 0 Å². The van der Waals surface area contributed by atoms with E-state index in [0.29, 0.717) is 17.0 Å². The Balaban J connectivity index is 2.17. The summed E-state index contributed by atoms with van der Waals surface area (Å²) < 4.78 is 1.58. The molecule has 1 aromatic heterocycles. The van der Waals surface area contributed by atoms with Crippen molar-refractivity contribution in [1.29, 1.82) is 5.26 Å². The van der Waals surface area contributed by atoms with Gasteiger partial charge in [0.25, 0.3) is 0 Å². The van der Waals surface area contributed by atoms with Gasteiger partial charge in [-0.3, -0.25) is 4.79 Å². The average molecular weight is 240 g/mol. The van der Waals surface area contributed by atoms with Gasteiger partial charge in [-0.25, -0.2) is 9.67 Å². The molecule has 1 aromatic carbocycles. The molecule has 0 atom stereocenters. The Hall–Kier alpha value is -2.48. The van der Waals surface area contributed by atoms with Crippen LogP contribution in [0.3, 0.4) is 0 Å². The van der Waals surface area contributed by atoms with Gasteiger partial charge in [0.1, 0.15) is 18.2 Å². The number of Topliss-reactive ketones (excluding diaryl/α,β-unsaturated/α-hetero) is 1. The minimum absolute atomic E-state index is 0.0486. The number of aromatic nitrogens is 3. The fourth-order valence-electron chi connectivity index (χ4n) is 1.67. The number of benzene rings is 1. The fraction of sp³-hybridized carbons (Fsp3) is 0.231. The molecular weight excluding hydrogens is 228 g/mol. The van der Waals surface area contributed by atoms with Gasteiger partial charge in [0.2, 0.25) is 0 Å². The minimum atomic E-state index is -0.0486. The molecular formula is C13H12N4O. The van der Waals surface area contributed by atoms with E-state index in [9.17, 15) is 4.79 Å². The van der Waals surface area contributed by atoms with Gasteiger partial charge in [-0.2, -0.15) is 10.4 Å². The van der Waals surface area contributed by atoms with Crippen molar-refractivity contribution in [3.63, 3.8) is 0 Å². The molecule has 0 aliphatic heterocycles. The van der Waals surface area contributed by atoms with Crippen molar-refractivity contribution in [3.05, 3.63) is 47.0 Å². The summed E-state index contributed by atoms with van der Waals surface area (Å²) in [7, 11) is 0. The van der Waals surface area contributed by atoms with Gasteiger partial charge >= 0.3 is 0 Å². The van der Waals surface area contributed by atoms with Crippen molar-refractivity contribution in [2.45, 2.75) is 20.4 Å². The Labute approximate surface area is 105 Å². The smallest absolute Gasteiger partial charge is 0.184 e. The molecule has 18 heavy (non-hydrogen) atoms. The first-order valence-electron chi connectivity index (χ1n) is 5.51. The zero-order valence-electron chi connectivity index (χ0n) is 10.2. The Morgan fingerprint density at radius 3 is 2.50 bits per heavy atom. The average Bonchev–Trinajstić information content (AvgIpc) is 2.68. The minimum Gasteiger partial charge on any atom is -0.292 e. The van der Waals surface area contributed by atoms with Crippen LogP contribution in [-0.2, 0) is 6.54 Å². The lowest BCUT2D eigenvalue weighted by Crippen LogP contribution is -2.13. The summed E-state index contributed by atoms with van der Waals surface area (Å²) in [6, 6.07) is 8.59. The maximum absolute atomic E-state index is 12.0. The molecule has 5 nitrogen and oxygen atoms in total. The van der Waals surface area contributed by atoms with E-state index in [2.05, 4.69) is 10.1 Å². The van der Waals surface area contributed by atoms with Crippen LogP contribution >= 0.6 is 0 Å². The maximum Gasteiger partial charge on any atom is 0.184 e. The second kappa shape index (κ2) is 4.80. The summed E-state index contributed by atoms with van der Waals surface area (Å²) in [6.45, 7) is 3.76. The molecule has 5 heteroatoms.